The maximum atomic E-state index is 12.9. The largest absolute Gasteiger partial charge is 0.477 e. The maximum Gasteiger partial charge on any atom is 0.262 e. The first-order valence-electron chi connectivity index (χ1n) is 8.51. The van der Waals surface area contributed by atoms with Gasteiger partial charge in [0.1, 0.15) is 11.3 Å². The number of halogens is 1. The van der Waals surface area contributed by atoms with E-state index in [0.717, 1.165) is 0 Å². The third-order valence-electron chi connectivity index (χ3n) is 4.26. The van der Waals surface area contributed by atoms with Crippen LogP contribution in [0.2, 0.25) is 5.02 Å². The molecule has 144 valence electrons. The van der Waals surface area contributed by atoms with Crippen molar-refractivity contribution in [1.82, 2.24) is 10.3 Å². The number of nitrogens with zero attached hydrogens (tertiary/aromatic N) is 2. The third-order valence-corrected chi connectivity index (χ3v) is 5.31. The van der Waals surface area contributed by atoms with Crippen LogP contribution in [0, 0.1) is 0 Å². The molecule has 0 fully saturated rings. The number of likely N-dealkylation sites (N-methyl/N-ethyl adjacent to an activating group) is 1. The standard InChI is InChI=1S/C19H16ClN3O4S/c1-21-18(25)16-9-23(13-4-2-3-5-15(13)26-16)17(24)10-28-19-22-12-8-11(20)6-7-14(12)27-19/h2-8,16H,9-10H2,1H3,(H,21,25)/t16-/m0/s1. The summed E-state index contributed by atoms with van der Waals surface area (Å²) < 4.78 is 11.4. The van der Waals surface area contributed by atoms with E-state index in [-0.39, 0.29) is 24.1 Å². The van der Waals surface area contributed by atoms with Gasteiger partial charge in [-0.15, -0.1) is 0 Å². The molecule has 1 aliphatic rings. The van der Waals surface area contributed by atoms with Crippen molar-refractivity contribution in [3.8, 4) is 5.75 Å². The Labute approximate surface area is 170 Å². The molecule has 2 aromatic carbocycles. The zero-order valence-electron chi connectivity index (χ0n) is 14.8. The molecule has 3 aromatic rings. The lowest BCUT2D eigenvalue weighted by molar-refractivity contribution is -0.127. The summed E-state index contributed by atoms with van der Waals surface area (Å²) in [6, 6.07) is 12.3. The molecule has 0 saturated carbocycles. The Bertz CT molecular complexity index is 1050. The Hall–Kier alpha value is -2.71. The van der Waals surface area contributed by atoms with Crippen molar-refractivity contribution in [3.05, 3.63) is 47.5 Å². The van der Waals surface area contributed by atoms with E-state index >= 15 is 0 Å². The molecular weight excluding hydrogens is 402 g/mol. The van der Waals surface area contributed by atoms with Gasteiger partial charge in [-0.05, 0) is 30.3 Å². The van der Waals surface area contributed by atoms with Crippen LogP contribution in [0.25, 0.3) is 11.1 Å². The SMILES string of the molecule is CNC(=O)[C@@H]1CN(C(=O)CSc2nc3cc(Cl)ccc3o2)c2ccccc2O1. The topological polar surface area (TPSA) is 84.7 Å². The first kappa shape index (κ1) is 18.6. The van der Waals surface area contributed by atoms with E-state index < -0.39 is 6.10 Å². The number of rotatable bonds is 4. The van der Waals surface area contributed by atoms with Crippen LogP contribution in [0.3, 0.4) is 0 Å². The fourth-order valence-corrected chi connectivity index (χ4v) is 3.79. The van der Waals surface area contributed by atoms with E-state index in [1.807, 2.05) is 6.07 Å². The second-order valence-corrected chi connectivity index (χ2v) is 7.44. The molecule has 1 aliphatic heterocycles. The maximum absolute atomic E-state index is 12.9. The first-order valence-corrected chi connectivity index (χ1v) is 9.88. The quantitative estimate of drug-likeness (QED) is 0.656. The summed E-state index contributed by atoms with van der Waals surface area (Å²) in [5.41, 5.74) is 1.88. The smallest absolute Gasteiger partial charge is 0.262 e. The van der Waals surface area contributed by atoms with Gasteiger partial charge in [-0.1, -0.05) is 35.5 Å². The van der Waals surface area contributed by atoms with E-state index in [1.54, 1.807) is 41.3 Å². The van der Waals surface area contributed by atoms with E-state index in [2.05, 4.69) is 10.3 Å². The number of hydrogen-bond donors (Lipinski definition) is 1. The van der Waals surface area contributed by atoms with Crippen molar-refractivity contribution in [3.63, 3.8) is 0 Å². The van der Waals surface area contributed by atoms with Gasteiger partial charge >= 0.3 is 0 Å². The number of carbonyl (C=O) groups excluding carboxylic acids is 2. The molecule has 1 atom stereocenters. The number of benzene rings is 2. The van der Waals surface area contributed by atoms with Gasteiger partial charge in [0.15, 0.2) is 11.7 Å². The number of fused-ring (bicyclic) bond motifs is 2. The van der Waals surface area contributed by atoms with Gasteiger partial charge < -0.3 is 19.4 Å². The number of carbonyl (C=O) groups is 2. The van der Waals surface area contributed by atoms with Gasteiger partial charge in [-0.3, -0.25) is 9.59 Å². The van der Waals surface area contributed by atoms with Crippen molar-refractivity contribution in [1.29, 1.82) is 0 Å². The normalized spacial score (nSPS) is 15.8. The highest BCUT2D eigenvalue weighted by molar-refractivity contribution is 7.99. The second kappa shape index (κ2) is 7.73. The molecule has 2 heterocycles. The van der Waals surface area contributed by atoms with Crippen molar-refractivity contribution in [2.75, 3.05) is 24.2 Å². The Morgan fingerprint density at radius 1 is 1.32 bits per heavy atom. The Kier molecular flexibility index (Phi) is 5.15. The van der Waals surface area contributed by atoms with Crippen LogP contribution >= 0.6 is 23.4 Å². The van der Waals surface area contributed by atoms with Crippen molar-refractivity contribution < 1.29 is 18.7 Å². The molecule has 4 rings (SSSR count). The summed E-state index contributed by atoms with van der Waals surface area (Å²) in [6.45, 7) is 0.138. The summed E-state index contributed by atoms with van der Waals surface area (Å²) in [5.74, 6) is 0.151. The minimum atomic E-state index is -0.764. The average Bonchev–Trinajstić information content (AvgIpc) is 3.12. The molecule has 7 nitrogen and oxygen atoms in total. The Morgan fingerprint density at radius 3 is 2.96 bits per heavy atom. The molecule has 28 heavy (non-hydrogen) atoms. The fraction of sp³-hybridized carbons (Fsp3) is 0.211. The molecule has 0 unspecified atom stereocenters. The lowest BCUT2D eigenvalue weighted by Gasteiger charge is -2.33. The number of nitrogens with one attached hydrogen (secondary N) is 1. The van der Waals surface area contributed by atoms with Gasteiger partial charge in [-0.25, -0.2) is 4.98 Å². The van der Waals surface area contributed by atoms with E-state index in [0.29, 0.717) is 32.8 Å². The van der Waals surface area contributed by atoms with Gasteiger partial charge in [0.25, 0.3) is 11.1 Å². The number of thioether (sulfide) groups is 1. The molecule has 0 spiro atoms. The summed E-state index contributed by atoms with van der Waals surface area (Å²) in [7, 11) is 1.54. The first-order chi connectivity index (χ1) is 13.5. The highest BCUT2D eigenvalue weighted by Gasteiger charge is 2.33. The van der Waals surface area contributed by atoms with Crippen molar-refractivity contribution >= 4 is 52.0 Å². The third kappa shape index (κ3) is 3.65. The predicted molar refractivity (Wildman–Crippen MR) is 107 cm³/mol. The van der Waals surface area contributed by atoms with Crippen LogP contribution < -0.4 is 15.0 Å². The Morgan fingerprint density at radius 2 is 2.14 bits per heavy atom. The highest BCUT2D eigenvalue weighted by atomic mass is 35.5. The molecule has 1 aromatic heterocycles. The van der Waals surface area contributed by atoms with Gasteiger partial charge in [-0.2, -0.15) is 0 Å². The molecule has 0 radical (unpaired) electrons. The number of oxazole rings is 1. The minimum absolute atomic E-state index is 0.107. The number of hydrogen-bond acceptors (Lipinski definition) is 6. The molecular formula is C19H16ClN3O4S. The fourth-order valence-electron chi connectivity index (χ4n) is 2.91. The lowest BCUT2D eigenvalue weighted by Crippen LogP contribution is -2.50. The van der Waals surface area contributed by atoms with Crippen LogP contribution in [-0.4, -0.2) is 42.2 Å². The number of ether oxygens (including phenoxy) is 1. The van der Waals surface area contributed by atoms with Crippen LogP contribution in [-0.2, 0) is 9.59 Å². The molecule has 0 aliphatic carbocycles. The van der Waals surface area contributed by atoms with Crippen LogP contribution in [0.15, 0.2) is 52.1 Å². The van der Waals surface area contributed by atoms with E-state index in [1.165, 1.54) is 18.8 Å². The number of amides is 2. The summed E-state index contributed by atoms with van der Waals surface area (Å²) in [4.78, 5) is 30.8. The van der Waals surface area contributed by atoms with Gasteiger partial charge in [0.05, 0.1) is 18.0 Å². The lowest BCUT2D eigenvalue weighted by atomic mass is 10.2. The summed E-state index contributed by atoms with van der Waals surface area (Å²) in [6.07, 6.45) is -0.764. The van der Waals surface area contributed by atoms with Crippen LogP contribution in [0.5, 0.6) is 5.75 Å². The second-order valence-electron chi connectivity index (χ2n) is 6.07. The highest BCUT2D eigenvalue weighted by Crippen LogP contribution is 2.34. The number of para-hydroxylation sites is 2. The van der Waals surface area contributed by atoms with Crippen LogP contribution in [0.4, 0.5) is 5.69 Å². The van der Waals surface area contributed by atoms with Gasteiger partial charge in [0, 0.05) is 12.1 Å². The molecule has 2 amide bonds. The van der Waals surface area contributed by atoms with Gasteiger partial charge in [0.2, 0.25) is 5.91 Å². The predicted octanol–water partition coefficient (Wildman–Crippen LogP) is 3.11. The molecule has 9 heteroatoms. The summed E-state index contributed by atoms with van der Waals surface area (Å²) in [5, 5.41) is 3.51. The number of aromatic nitrogens is 1. The average molecular weight is 418 g/mol. The van der Waals surface area contributed by atoms with E-state index in [4.69, 9.17) is 20.8 Å². The van der Waals surface area contributed by atoms with Crippen molar-refractivity contribution in [2.45, 2.75) is 11.3 Å². The Balaban J connectivity index is 1.51. The molecule has 0 saturated heterocycles. The zero-order valence-corrected chi connectivity index (χ0v) is 16.4. The molecule has 0 bridgehead atoms. The zero-order chi connectivity index (χ0) is 19.7. The molecule has 1 N–H and O–H groups in total. The van der Waals surface area contributed by atoms with Crippen LogP contribution in [0.1, 0.15) is 0 Å². The minimum Gasteiger partial charge on any atom is -0.477 e. The number of anilines is 1. The van der Waals surface area contributed by atoms with E-state index in [9.17, 15) is 9.59 Å². The van der Waals surface area contributed by atoms with Crippen molar-refractivity contribution in [2.24, 2.45) is 0 Å². The summed E-state index contributed by atoms with van der Waals surface area (Å²) >= 11 is 7.15. The monoisotopic (exact) mass is 417 g/mol.